The van der Waals surface area contributed by atoms with E-state index >= 15 is 0 Å². The van der Waals surface area contributed by atoms with Gasteiger partial charge in [0.15, 0.2) is 0 Å². The van der Waals surface area contributed by atoms with Gasteiger partial charge in [-0.05, 0) is 55.2 Å². The van der Waals surface area contributed by atoms with E-state index in [1.165, 1.54) is 6.07 Å². The molecule has 0 saturated heterocycles. The number of carbonyl (C=O) groups is 1. The van der Waals surface area contributed by atoms with Crippen molar-refractivity contribution in [2.75, 3.05) is 0 Å². The van der Waals surface area contributed by atoms with Crippen molar-refractivity contribution in [3.63, 3.8) is 0 Å². The van der Waals surface area contributed by atoms with E-state index in [-0.39, 0.29) is 11.7 Å². The summed E-state index contributed by atoms with van der Waals surface area (Å²) in [5.41, 5.74) is 6.63. The molecular formula is C14H15FNO. The molecule has 1 saturated carbocycles. The lowest BCUT2D eigenvalue weighted by Crippen LogP contribution is -2.37. The normalized spacial score (nSPS) is 30.8. The summed E-state index contributed by atoms with van der Waals surface area (Å²) >= 11 is 0. The molecule has 2 nitrogen and oxygen atoms in total. The summed E-state index contributed by atoms with van der Waals surface area (Å²) in [5.74, 6) is -0.147. The first-order chi connectivity index (χ1) is 8.11. The molecule has 2 bridgehead atoms. The van der Waals surface area contributed by atoms with Gasteiger partial charge in [0.05, 0.1) is 5.41 Å². The minimum atomic E-state index is -0.613. The van der Waals surface area contributed by atoms with Crippen LogP contribution in [0.25, 0.3) is 0 Å². The molecule has 3 heteroatoms. The zero-order chi connectivity index (χ0) is 12.0. The van der Waals surface area contributed by atoms with Gasteiger partial charge in [0.2, 0.25) is 5.91 Å². The molecule has 2 aliphatic rings. The van der Waals surface area contributed by atoms with Crippen LogP contribution in [0.5, 0.6) is 0 Å². The number of fused-ring (bicyclic) bond motifs is 3. The molecule has 1 fully saturated rings. The number of hydrogen-bond acceptors (Lipinski definition) is 1. The molecule has 2 unspecified atom stereocenters. The second-order valence-electron chi connectivity index (χ2n) is 5.24. The monoisotopic (exact) mass is 232 g/mol. The highest BCUT2D eigenvalue weighted by molar-refractivity contribution is 5.83. The van der Waals surface area contributed by atoms with E-state index in [9.17, 15) is 9.18 Å². The number of amides is 1. The standard InChI is InChI=1S/C14H15FNO/c15-12-3-1-2-10-6-9-4-5-14(7-9,13(16)17)8-11(10)12/h1-3,7,9H,4-6,8H2,(H2,16,17). The van der Waals surface area contributed by atoms with Gasteiger partial charge in [0.1, 0.15) is 5.82 Å². The summed E-state index contributed by atoms with van der Waals surface area (Å²) < 4.78 is 13.8. The maximum Gasteiger partial charge on any atom is 0.224 e. The fourth-order valence-corrected chi connectivity index (χ4v) is 3.25. The van der Waals surface area contributed by atoms with Gasteiger partial charge < -0.3 is 5.73 Å². The Morgan fingerprint density at radius 2 is 2.29 bits per heavy atom. The van der Waals surface area contributed by atoms with E-state index in [4.69, 9.17) is 5.73 Å². The Labute approximate surface area is 100 Å². The molecule has 3 rings (SSSR count). The first-order valence-corrected chi connectivity index (χ1v) is 6.03. The van der Waals surface area contributed by atoms with Crippen molar-refractivity contribution in [1.29, 1.82) is 0 Å². The van der Waals surface area contributed by atoms with E-state index in [1.807, 2.05) is 6.07 Å². The average Bonchev–Trinajstić information content (AvgIpc) is 2.57. The van der Waals surface area contributed by atoms with Gasteiger partial charge in [-0.1, -0.05) is 12.1 Å². The Bertz CT molecular complexity index is 485. The van der Waals surface area contributed by atoms with E-state index < -0.39 is 5.41 Å². The Morgan fingerprint density at radius 1 is 1.47 bits per heavy atom. The van der Waals surface area contributed by atoms with Crippen molar-refractivity contribution < 1.29 is 9.18 Å². The smallest absolute Gasteiger partial charge is 0.224 e. The van der Waals surface area contributed by atoms with Crippen molar-refractivity contribution in [3.05, 3.63) is 41.6 Å². The Balaban J connectivity index is 2.10. The summed E-state index contributed by atoms with van der Waals surface area (Å²) in [7, 11) is 0. The molecule has 2 aliphatic carbocycles. The Kier molecular flexibility index (Phi) is 2.25. The summed E-state index contributed by atoms with van der Waals surface area (Å²) in [4.78, 5) is 11.7. The maximum absolute atomic E-state index is 13.8. The van der Waals surface area contributed by atoms with Gasteiger partial charge >= 0.3 is 0 Å². The lowest BCUT2D eigenvalue weighted by molar-refractivity contribution is -0.125. The molecule has 17 heavy (non-hydrogen) atoms. The molecule has 1 aromatic carbocycles. The van der Waals surface area contributed by atoms with Crippen molar-refractivity contribution in [2.45, 2.75) is 25.7 Å². The average molecular weight is 232 g/mol. The molecule has 0 aliphatic heterocycles. The van der Waals surface area contributed by atoms with Crippen LogP contribution in [-0.4, -0.2) is 5.91 Å². The third-order valence-electron chi connectivity index (χ3n) is 4.20. The number of nitrogens with two attached hydrogens (primary N) is 1. The predicted molar refractivity (Wildman–Crippen MR) is 62.5 cm³/mol. The second kappa shape index (κ2) is 3.56. The van der Waals surface area contributed by atoms with E-state index in [1.54, 1.807) is 6.07 Å². The van der Waals surface area contributed by atoms with E-state index in [0.29, 0.717) is 17.9 Å². The van der Waals surface area contributed by atoms with E-state index in [2.05, 4.69) is 6.42 Å². The summed E-state index contributed by atoms with van der Waals surface area (Å²) in [5, 5.41) is 0. The summed E-state index contributed by atoms with van der Waals surface area (Å²) in [6, 6.07) is 5.16. The molecule has 0 heterocycles. The van der Waals surface area contributed by atoms with Gasteiger partial charge in [0.25, 0.3) is 0 Å². The van der Waals surface area contributed by atoms with Crippen LogP contribution in [0.1, 0.15) is 24.0 Å². The number of primary amides is 1. The quantitative estimate of drug-likeness (QED) is 0.790. The molecule has 0 spiro atoms. The predicted octanol–water partition coefficient (Wildman–Crippen LogP) is 2.01. The summed E-state index contributed by atoms with van der Waals surface area (Å²) in [6.45, 7) is 0. The number of halogens is 1. The Morgan fingerprint density at radius 3 is 3.06 bits per heavy atom. The molecule has 2 atom stereocenters. The van der Waals surface area contributed by atoms with Crippen LogP contribution in [0.2, 0.25) is 0 Å². The van der Waals surface area contributed by atoms with Gasteiger partial charge in [-0.3, -0.25) is 4.79 Å². The molecule has 2 N–H and O–H groups in total. The highest BCUT2D eigenvalue weighted by Gasteiger charge is 2.46. The number of hydrogen-bond donors (Lipinski definition) is 1. The number of carbonyl (C=O) groups excluding carboxylic acids is 1. The fourth-order valence-electron chi connectivity index (χ4n) is 3.25. The zero-order valence-corrected chi connectivity index (χ0v) is 9.58. The highest BCUT2D eigenvalue weighted by Crippen LogP contribution is 2.47. The highest BCUT2D eigenvalue weighted by atomic mass is 19.1. The first-order valence-electron chi connectivity index (χ1n) is 6.03. The van der Waals surface area contributed by atoms with Crippen LogP contribution in [0.15, 0.2) is 18.2 Å². The second-order valence-corrected chi connectivity index (χ2v) is 5.24. The van der Waals surface area contributed by atoms with Crippen molar-refractivity contribution in [3.8, 4) is 0 Å². The number of rotatable bonds is 1. The van der Waals surface area contributed by atoms with Crippen LogP contribution in [0.3, 0.4) is 0 Å². The van der Waals surface area contributed by atoms with Gasteiger partial charge in [0, 0.05) is 0 Å². The van der Waals surface area contributed by atoms with Gasteiger partial charge in [-0.2, -0.15) is 0 Å². The van der Waals surface area contributed by atoms with Crippen LogP contribution in [0, 0.1) is 23.6 Å². The molecule has 1 amide bonds. The molecule has 1 radical (unpaired) electrons. The fraction of sp³-hybridized carbons (Fsp3) is 0.429. The largest absolute Gasteiger partial charge is 0.369 e. The molecular weight excluding hydrogens is 217 g/mol. The molecule has 89 valence electrons. The molecule has 0 aromatic heterocycles. The lowest BCUT2D eigenvalue weighted by Gasteiger charge is -2.24. The minimum absolute atomic E-state index is 0.205. The first kappa shape index (κ1) is 10.8. The van der Waals surface area contributed by atoms with Crippen molar-refractivity contribution >= 4 is 5.91 Å². The van der Waals surface area contributed by atoms with Gasteiger partial charge in [-0.25, -0.2) is 4.39 Å². The van der Waals surface area contributed by atoms with Crippen LogP contribution >= 0.6 is 0 Å². The SMILES string of the molecule is NC(=O)C12[CH]C(CC1)Cc1cccc(F)c1C2. The zero-order valence-electron chi connectivity index (χ0n) is 9.58. The van der Waals surface area contributed by atoms with Crippen LogP contribution in [0.4, 0.5) is 4.39 Å². The van der Waals surface area contributed by atoms with Crippen LogP contribution in [-0.2, 0) is 17.6 Å². The summed E-state index contributed by atoms with van der Waals surface area (Å²) in [6.07, 6.45) is 5.08. The topological polar surface area (TPSA) is 43.1 Å². The third kappa shape index (κ3) is 1.56. The van der Waals surface area contributed by atoms with E-state index in [0.717, 1.165) is 24.8 Å². The molecule has 1 aromatic rings. The van der Waals surface area contributed by atoms with Crippen LogP contribution < -0.4 is 5.73 Å². The third-order valence-corrected chi connectivity index (χ3v) is 4.20. The van der Waals surface area contributed by atoms with Crippen molar-refractivity contribution in [2.24, 2.45) is 17.1 Å². The maximum atomic E-state index is 13.8. The van der Waals surface area contributed by atoms with Crippen molar-refractivity contribution in [1.82, 2.24) is 0 Å². The lowest BCUT2D eigenvalue weighted by atomic mass is 9.79. The number of benzene rings is 1. The van der Waals surface area contributed by atoms with Gasteiger partial charge in [-0.15, -0.1) is 0 Å². The Hall–Kier alpha value is -1.38. The minimum Gasteiger partial charge on any atom is -0.369 e.